The predicted octanol–water partition coefficient (Wildman–Crippen LogP) is 2.77. The van der Waals surface area contributed by atoms with E-state index in [4.69, 9.17) is 19.1 Å². The monoisotopic (exact) mass is 470 g/mol. The Hall–Kier alpha value is -3.15. The maximum absolute atomic E-state index is 12.9. The fourth-order valence-electron chi connectivity index (χ4n) is 4.02. The van der Waals surface area contributed by atoms with Gasteiger partial charge in [-0.25, -0.2) is 14.8 Å². The highest BCUT2D eigenvalue weighted by atomic mass is 19.4. The van der Waals surface area contributed by atoms with Crippen molar-refractivity contribution in [2.75, 3.05) is 44.3 Å². The number of carbonyl (C=O) groups excluding carboxylic acids is 1. The van der Waals surface area contributed by atoms with Crippen molar-refractivity contribution in [3.8, 4) is 0 Å². The van der Waals surface area contributed by atoms with Crippen molar-refractivity contribution in [3.63, 3.8) is 0 Å². The lowest BCUT2D eigenvalue weighted by Gasteiger charge is -2.43. The van der Waals surface area contributed by atoms with Crippen LogP contribution in [0.4, 0.5) is 19.1 Å². The third-order valence-electron chi connectivity index (χ3n) is 5.56. The van der Waals surface area contributed by atoms with Gasteiger partial charge >= 0.3 is 12.1 Å². The first kappa shape index (κ1) is 24.5. The van der Waals surface area contributed by atoms with Crippen molar-refractivity contribution in [3.05, 3.63) is 42.1 Å². The normalized spacial score (nSPS) is 21.2. The van der Waals surface area contributed by atoms with Crippen molar-refractivity contribution in [1.82, 2.24) is 14.9 Å². The molecule has 1 amide bonds. The number of rotatable bonds is 2. The lowest BCUT2D eigenvalue weighted by atomic mass is 9.80. The number of likely N-dealkylation sites (tertiary alicyclic amines) is 1. The number of aromatic nitrogens is 2. The summed E-state index contributed by atoms with van der Waals surface area (Å²) >= 11 is 0. The van der Waals surface area contributed by atoms with Gasteiger partial charge in [0.1, 0.15) is 5.76 Å². The summed E-state index contributed by atoms with van der Waals surface area (Å²) in [5.74, 6) is -1.31. The lowest BCUT2D eigenvalue weighted by molar-refractivity contribution is -0.192. The average molecular weight is 470 g/mol. The van der Waals surface area contributed by atoms with Crippen LogP contribution in [0.15, 0.2) is 35.2 Å². The Bertz CT molecular complexity index is 953. The van der Waals surface area contributed by atoms with Gasteiger partial charge in [-0.1, -0.05) is 0 Å². The maximum atomic E-state index is 12.9. The van der Waals surface area contributed by atoms with Crippen LogP contribution in [0.5, 0.6) is 0 Å². The van der Waals surface area contributed by atoms with E-state index in [0.717, 1.165) is 38.4 Å². The van der Waals surface area contributed by atoms with Crippen LogP contribution in [0, 0.1) is 12.3 Å². The summed E-state index contributed by atoms with van der Waals surface area (Å²) in [4.78, 5) is 34.7. The van der Waals surface area contributed by atoms with Crippen LogP contribution in [-0.4, -0.2) is 77.4 Å². The molecule has 0 radical (unpaired) electrons. The number of piperidine rings is 1. The Labute approximate surface area is 188 Å². The van der Waals surface area contributed by atoms with Crippen molar-refractivity contribution < 1.29 is 37.0 Å². The van der Waals surface area contributed by atoms with Gasteiger partial charge in [-0.3, -0.25) is 4.79 Å². The second-order valence-corrected chi connectivity index (χ2v) is 8.05. The number of ether oxygens (including phenoxy) is 1. The summed E-state index contributed by atoms with van der Waals surface area (Å²) in [6, 6.07) is 3.58. The zero-order chi connectivity index (χ0) is 24.1. The Balaban J connectivity index is 0.000000383. The smallest absolute Gasteiger partial charge is 0.475 e. The zero-order valence-corrected chi connectivity index (χ0v) is 18.0. The topological polar surface area (TPSA) is 109 Å². The summed E-state index contributed by atoms with van der Waals surface area (Å²) in [6.07, 6.45) is 2.02. The molecule has 1 N–H and O–H groups in total. The van der Waals surface area contributed by atoms with Gasteiger partial charge in [-0.05, 0) is 31.9 Å². The molecule has 0 bridgehead atoms. The van der Waals surface area contributed by atoms with Crippen LogP contribution < -0.4 is 4.90 Å². The molecule has 33 heavy (non-hydrogen) atoms. The number of anilines is 1. The molecule has 2 aromatic rings. The minimum atomic E-state index is -5.08. The summed E-state index contributed by atoms with van der Waals surface area (Å²) in [5.41, 5.74) is 0.557. The molecular weight excluding hydrogens is 445 g/mol. The minimum absolute atomic E-state index is 0.0436. The van der Waals surface area contributed by atoms with E-state index in [2.05, 4.69) is 14.9 Å². The van der Waals surface area contributed by atoms with Crippen LogP contribution in [0.1, 0.15) is 29.0 Å². The van der Waals surface area contributed by atoms with Gasteiger partial charge in [0.2, 0.25) is 5.95 Å². The van der Waals surface area contributed by atoms with E-state index >= 15 is 0 Å². The zero-order valence-electron chi connectivity index (χ0n) is 18.0. The molecule has 4 heterocycles. The van der Waals surface area contributed by atoms with Gasteiger partial charge in [0.15, 0.2) is 0 Å². The number of hydrogen-bond donors (Lipinski definition) is 1. The van der Waals surface area contributed by atoms with Crippen molar-refractivity contribution >= 4 is 17.8 Å². The number of alkyl halides is 3. The second-order valence-electron chi connectivity index (χ2n) is 8.05. The first-order valence-corrected chi connectivity index (χ1v) is 10.3. The summed E-state index contributed by atoms with van der Waals surface area (Å²) < 4.78 is 43.0. The molecule has 1 spiro atoms. The van der Waals surface area contributed by atoms with Crippen LogP contribution in [0.2, 0.25) is 0 Å². The molecule has 1 atom stereocenters. The number of carbonyl (C=O) groups is 2. The van der Waals surface area contributed by atoms with E-state index in [9.17, 15) is 18.0 Å². The predicted molar refractivity (Wildman–Crippen MR) is 110 cm³/mol. The minimum Gasteiger partial charge on any atom is -0.475 e. The Morgan fingerprint density at radius 3 is 2.48 bits per heavy atom. The summed E-state index contributed by atoms with van der Waals surface area (Å²) in [6.45, 7) is 6.15. The van der Waals surface area contributed by atoms with Crippen LogP contribution in [0.25, 0.3) is 0 Å². The van der Waals surface area contributed by atoms with E-state index in [0.29, 0.717) is 31.1 Å². The summed E-state index contributed by atoms with van der Waals surface area (Å²) in [5, 5.41) is 7.12. The number of carboxylic acids is 1. The van der Waals surface area contributed by atoms with Crippen molar-refractivity contribution in [2.24, 2.45) is 5.41 Å². The molecule has 2 saturated heterocycles. The molecule has 2 aliphatic rings. The average Bonchev–Trinajstić information content (AvgIpc) is 3.11. The van der Waals surface area contributed by atoms with Gasteiger partial charge in [0.05, 0.1) is 25.0 Å². The van der Waals surface area contributed by atoms with E-state index in [1.54, 1.807) is 24.7 Å². The van der Waals surface area contributed by atoms with Gasteiger partial charge < -0.3 is 24.1 Å². The molecular formula is C21H25F3N4O5. The van der Waals surface area contributed by atoms with Crippen molar-refractivity contribution in [1.29, 1.82) is 0 Å². The number of aliphatic carboxylic acids is 1. The first-order chi connectivity index (χ1) is 15.6. The van der Waals surface area contributed by atoms with E-state index < -0.39 is 12.1 Å². The quantitative estimate of drug-likeness (QED) is 0.714. The van der Waals surface area contributed by atoms with Gasteiger partial charge in [-0.15, -0.1) is 0 Å². The van der Waals surface area contributed by atoms with Gasteiger partial charge in [0, 0.05) is 44.0 Å². The molecule has 2 aromatic heterocycles. The molecule has 1 unspecified atom stereocenters. The molecule has 0 aliphatic carbocycles. The molecule has 2 fully saturated rings. The fourth-order valence-corrected chi connectivity index (χ4v) is 4.02. The van der Waals surface area contributed by atoms with Gasteiger partial charge in [0.25, 0.3) is 5.91 Å². The largest absolute Gasteiger partial charge is 0.490 e. The molecule has 180 valence electrons. The Kier molecular flexibility index (Phi) is 7.57. The van der Waals surface area contributed by atoms with Crippen LogP contribution in [0.3, 0.4) is 0 Å². The number of furan rings is 1. The highest BCUT2D eigenvalue weighted by Crippen LogP contribution is 2.34. The number of amides is 1. The van der Waals surface area contributed by atoms with E-state index in [-0.39, 0.29) is 11.3 Å². The molecule has 0 saturated carbocycles. The lowest BCUT2D eigenvalue weighted by Crippen LogP contribution is -2.52. The van der Waals surface area contributed by atoms with Crippen molar-refractivity contribution in [2.45, 2.75) is 25.9 Å². The van der Waals surface area contributed by atoms with Crippen LogP contribution in [-0.2, 0) is 9.53 Å². The third kappa shape index (κ3) is 6.21. The second kappa shape index (κ2) is 10.2. The fraction of sp³-hybridized carbons (Fsp3) is 0.524. The maximum Gasteiger partial charge on any atom is 0.490 e. The number of hydrogen-bond acceptors (Lipinski definition) is 7. The number of aryl methyl sites for hydroxylation is 1. The first-order valence-electron chi connectivity index (χ1n) is 10.3. The molecule has 4 rings (SSSR count). The Morgan fingerprint density at radius 1 is 1.18 bits per heavy atom. The van der Waals surface area contributed by atoms with Crippen LogP contribution >= 0.6 is 0 Å². The standard InChI is InChI=1S/C19H24N4O3.C2HF3O2/c1-15-16(4-10-26-15)17(24)22-8-2-5-19(12-22)13-23(9-11-25-14-19)18-20-6-3-7-21-18;3-2(4,5)1(6)7/h3-4,6-7,10H,2,5,8-9,11-14H2,1H3;(H,6,7). The highest BCUT2D eigenvalue weighted by Gasteiger charge is 2.41. The number of nitrogens with zero attached hydrogens (tertiary/aromatic N) is 4. The molecule has 0 aromatic carbocycles. The molecule has 2 aliphatic heterocycles. The highest BCUT2D eigenvalue weighted by molar-refractivity contribution is 5.95. The number of carboxylic acid groups (broad SMARTS) is 1. The van der Waals surface area contributed by atoms with E-state index in [1.165, 1.54) is 0 Å². The third-order valence-corrected chi connectivity index (χ3v) is 5.56. The molecule has 9 nitrogen and oxygen atoms in total. The molecule has 12 heteroatoms. The number of halogens is 3. The van der Waals surface area contributed by atoms with Gasteiger partial charge in [-0.2, -0.15) is 13.2 Å². The SMILES string of the molecule is Cc1occc1C(=O)N1CCCC2(COCCN(c3ncccn3)C2)C1.O=C(O)C(F)(F)F. The Morgan fingerprint density at radius 2 is 1.88 bits per heavy atom. The van der Waals surface area contributed by atoms with E-state index in [1.807, 2.05) is 17.9 Å². The summed E-state index contributed by atoms with van der Waals surface area (Å²) in [7, 11) is 0.